The summed E-state index contributed by atoms with van der Waals surface area (Å²) in [5.41, 5.74) is 3.68. The number of nitrogens with one attached hydrogen (secondary N) is 2. The third-order valence-corrected chi connectivity index (χ3v) is 8.46. The maximum Gasteiger partial charge on any atom is 0.227 e. The van der Waals surface area contributed by atoms with Crippen molar-refractivity contribution in [3.63, 3.8) is 0 Å². The molecule has 1 aliphatic rings. The molecule has 1 aromatic carbocycles. The second-order valence-corrected chi connectivity index (χ2v) is 12.1. The zero-order valence-corrected chi connectivity index (χ0v) is 28.6. The van der Waals surface area contributed by atoms with Gasteiger partial charge in [0.25, 0.3) is 0 Å². The van der Waals surface area contributed by atoms with Crippen LogP contribution in [0.4, 0.5) is 22.5 Å². The number of morpholine rings is 1. The lowest BCUT2D eigenvalue weighted by atomic mass is 10.2. The normalized spacial score (nSPS) is 14.0. The van der Waals surface area contributed by atoms with Gasteiger partial charge in [-0.15, -0.1) is 0 Å². The molecule has 3 aromatic rings. The number of anilines is 4. The number of nitrogens with zero attached hydrogens (tertiary/aromatic N) is 4. The lowest BCUT2D eigenvalue weighted by Crippen LogP contribution is -2.36. The van der Waals surface area contributed by atoms with Crippen molar-refractivity contribution in [2.75, 3.05) is 41.8 Å². The van der Waals surface area contributed by atoms with E-state index in [4.69, 9.17) is 9.72 Å². The van der Waals surface area contributed by atoms with Gasteiger partial charge < -0.3 is 20.3 Å². The van der Waals surface area contributed by atoms with E-state index >= 15 is 0 Å². The molecule has 2 aromatic heterocycles. The van der Waals surface area contributed by atoms with Gasteiger partial charge in [-0.3, -0.25) is 4.79 Å². The van der Waals surface area contributed by atoms with Crippen molar-refractivity contribution in [2.45, 2.75) is 65.2 Å². The Kier molecular flexibility index (Phi) is 15.7. The molecule has 2 N–H and O–H groups in total. The number of thiazole rings is 1. The number of rotatable bonds is 18. The maximum atomic E-state index is 12.6. The van der Waals surface area contributed by atoms with Crippen LogP contribution in [0.1, 0.15) is 64.0 Å². The predicted octanol–water partition coefficient (Wildman–Crippen LogP) is 9.35. The van der Waals surface area contributed by atoms with Gasteiger partial charge in [0.15, 0.2) is 5.13 Å². The Balaban J connectivity index is 1.14. The molecule has 0 radical (unpaired) electrons. The summed E-state index contributed by atoms with van der Waals surface area (Å²) >= 11 is 1.43. The van der Waals surface area contributed by atoms with Crippen molar-refractivity contribution < 1.29 is 9.53 Å². The van der Waals surface area contributed by atoms with Gasteiger partial charge in [0.2, 0.25) is 11.9 Å². The average molecular weight is 653 g/mol. The summed E-state index contributed by atoms with van der Waals surface area (Å²) in [6.07, 6.45) is 30.7. The van der Waals surface area contributed by atoms with Crippen LogP contribution >= 0.6 is 11.3 Å². The molecule has 47 heavy (non-hydrogen) atoms. The molecule has 0 unspecified atom stereocenters. The molecule has 4 rings (SSSR count). The topological polar surface area (TPSA) is 92.3 Å². The third-order valence-electron chi connectivity index (χ3n) is 7.36. The lowest BCUT2D eigenvalue weighted by molar-refractivity contribution is -0.116. The third kappa shape index (κ3) is 13.1. The van der Waals surface area contributed by atoms with Gasteiger partial charge in [-0.05, 0) is 82.2 Å². The fraction of sp³-hybridized carbons (Fsp3) is 0.368. The number of ether oxygens (including phenoxy) is 1. The van der Waals surface area contributed by atoms with Crippen LogP contribution in [0.25, 0.3) is 10.6 Å². The summed E-state index contributed by atoms with van der Waals surface area (Å²) in [5, 5.41) is 6.85. The van der Waals surface area contributed by atoms with Crippen LogP contribution in [0.2, 0.25) is 0 Å². The van der Waals surface area contributed by atoms with Gasteiger partial charge in [0, 0.05) is 37.1 Å². The van der Waals surface area contributed by atoms with Crippen molar-refractivity contribution in [1.82, 2.24) is 15.0 Å². The second-order valence-electron chi connectivity index (χ2n) is 11.1. The smallest absolute Gasteiger partial charge is 0.227 e. The van der Waals surface area contributed by atoms with Crippen LogP contribution in [0.15, 0.2) is 97.3 Å². The Hall–Kier alpha value is -4.34. The molecule has 9 heteroatoms. The zero-order chi connectivity index (χ0) is 32.9. The number of amides is 1. The Morgan fingerprint density at radius 2 is 1.51 bits per heavy atom. The highest BCUT2D eigenvalue weighted by atomic mass is 32.1. The first-order valence-corrected chi connectivity index (χ1v) is 17.5. The molecule has 8 nitrogen and oxygen atoms in total. The van der Waals surface area contributed by atoms with E-state index in [2.05, 4.69) is 105 Å². The van der Waals surface area contributed by atoms with Gasteiger partial charge in [-0.25, -0.2) is 15.0 Å². The molecule has 0 bridgehead atoms. The van der Waals surface area contributed by atoms with Crippen LogP contribution in [-0.2, 0) is 9.53 Å². The van der Waals surface area contributed by atoms with Crippen molar-refractivity contribution in [2.24, 2.45) is 0 Å². The van der Waals surface area contributed by atoms with Crippen LogP contribution < -0.4 is 15.5 Å². The minimum Gasteiger partial charge on any atom is -0.378 e. The minimum absolute atomic E-state index is 0.0248. The largest absolute Gasteiger partial charge is 0.378 e. The molecular formula is C38H48N6O2S. The minimum atomic E-state index is -0.0248. The van der Waals surface area contributed by atoms with E-state index in [-0.39, 0.29) is 5.91 Å². The van der Waals surface area contributed by atoms with Crippen LogP contribution in [0.3, 0.4) is 0 Å². The van der Waals surface area contributed by atoms with Gasteiger partial charge >= 0.3 is 0 Å². The molecule has 0 atom stereocenters. The molecule has 1 amide bonds. The number of allylic oxidation sites excluding steroid dienone is 10. The SMILES string of the molecule is CCC=CCC=CCC=CCC=CCC=CCCCC(=O)Nc1nc(C)c(-c2ccnc(Nc3ccc(N4CCOCC4)cc3)n2)s1. The quantitative estimate of drug-likeness (QED) is 0.104. The average Bonchev–Trinajstić information content (AvgIpc) is 3.46. The first-order chi connectivity index (χ1) is 23.1. The van der Waals surface area contributed by atoms with Crippen molar-refractivity contribution in [3.8, 4) is 10.6 Å². The highest BCUT2D eigenvalue weighted by molar-refractivity contribution is 7.19. The Bertz CT molecular complexity index is 1520. The molecule has 248 valence electrons. The Morgan fingerprint density at radius 3 is 2.17 bits per heavy atom. The van der Waals surface area contributed by atoms with Crippen LogP contribution in [0.5, 0.6) is 0 Å². The number of aryl methyl sites for hydroxylation is 1. The predicted molar refractivity (Wildman–Crippen MR) is 198 cm³/mol. The van der Waals surface area contributed by atoms with Crippen molar-refractivity contribution in [1.29, 1.82) is 0 Å². The van der Waals surface area contributed by atoms with Gasteiger partial charge in [0.1, 0.15) is 0 Å². The molecule has 3 heterocycles. The molecule has 1 aliphatic heterocycles. The van der Waals surface area contributed by atoms with Gasteiger partial charge in [-0.2, -0.15) is 0 Å². The number of hydrogen-bond donors (Lipinski definition) is 2. The molecule has 0 saturated carbocycles. The van der Waals surface area contributed by atoms with Crippen molar-refractivity contribution in [3.05, 3.63) is 103 Å². The van der Waals surface area contributed by atoms with Gasteiger partial charge in [0.05, 0.1) is 29.5 Å². The van der Waals surface area contributed by atoms with Crippen molar-refractivity contribution >= 4 is 39.7 Å². The van der Waals surface area contributed by atoms with E-state index in [1.807, 2.05) is 25.1 Å². The highest BCUT2D eigenvalue weighted by Gasteiger charge is 2.15. The van der Waals surface area contributed by atoms with E-state index < -0.39 is 0 Å². The van der Waals surface area contributed by atoms with Gasteiger partial charge in [-0.1, -0.05) is 79.0 Å². The molecule has 1 saturated heterocycles. The Morgan fingerprint density at radius 1 is 0.872 bits per heavy atom. The monoisotopic (exact) mass is 652 g/mol. The number of hydrogen-bond acceptors (Lipinski definition) is 8. The number of aromatic nitrogens is 3. The highest BCUT2D eigenvalue weighted by Crippen LogP contribution is 2.32. The summed E-state index contributed by atoms with van der Waals surface area (Å²) in [5.74, 6) is 0.485. The summed E-state index contributed by atoms with van der Waals surface area (Å²) in [6, 6.07) is 10.1. The first kappa shape index (κ1) is 35.5. The lowest BCUT2D eigenvalue weighted by Gasteiger charge is -2.28. The number of unbranched alkanes of at least 4 members (excludes halogenated alkanes) is 1. The van der Waals surface area contributed by atoms with E-state index in [9.17, 15) is 4.79 Å². The summed E-state index contributed by atoms with van der Waals surface area (Å²) in [7, 11) is 0. The van der Waals surface area contributed by atoms with Crippen LogP contribution in [0, 0.1) is 6.92 Å². The molecule has 1 fully saturated rings. The summed E-state index contributed by atoms with van der Waals surface area (Å²) in [6.45, 7) is 7.41. The number of benzene rings is 1. The molecular weight excluding hydrogens is 605 g/mol. The number of carbonyl (C=O) groups is 1. The zero-order valence-electron chi connectivity index (χ0n) is 27.7. The van der Waals surface area contributed by atoms with E-state index in [0.29, 0.717) is 17.5 Å². The van der Waals surface area contributed by atoms with E-state index in [1.54, 1.807) is 6.20 Å². The van der Waals surface area contributed by atoms with E-state index in [0.717, 1.165) is 93.2 Å². The summed E-state index contributed by atoms with van der Waals surface area (Å²) in [4.78, 5) is 29.5. The second kappa shape index (κ2) is 20.7. The van der Waals surface area contributed by atoms with Crippen LogP contribution in [-0.4, -0.2) is 47.2 Å². The summed E-state index contributed by atoms with van der Waals surface area (Å²) < 4.78 is 5.45. The fourth-order valence-corrected chi connectivity index (χ4v) is 5.82. The maximum absolute atomic E-state index is 12.6. The fourth-order valence-electron chi connectivity index (χ4n) is 4.87. The Labute approximate surface area is 284 Å². The standard InChI is InChI=1S/C38H48N6O2S/c1-3-4-5-6-7-8-9-10-11-12-13-14-15-16-17-18-19-20-35(45)43-38-40-31(2)36(47-38)34-25-26-39-37(42-34)41-32-21-23-33(24-22-32)44-27-29-46-30-28-44/h4-5,7-8,10-11,13-14,16-17,21-26H,3,6,9,12,15,18-20,27-30H2,1-2H3,(H,39,41,42)(H,40,43,45). The van der Waals surface area contributed by atoms with E-state index in [1.165, 1.54) is 17.0 Å². The molecule has 0 spiro atoms. The number of carbonyl (C=O) groups excluding carboxylic acids is 1. The molecule has 0 aliphatic carbocycles. The first-order valence-electron chi connectivity index (χ1n) is 16.7.